The topological polar surface area (TPSA) is 95.4 Å². The van der Waals surface area contributed by atoms with Gasteiger partial charge in [-0.2, -0.15) is 5.26 Å². The van der Waals surface area contributed by atoms with E-state index in [1.54, 1.807) is 42.6 Å². The molecule has 0 spiro atoms. The fourth-order valence-electron chi connectivity index (χ4n) is 5.26. The van der Waals surface area contributed by atoms with E-state index in [1.165, 1.54) is 0 Å². The van der Waals surface area contributed by atoms with Crippen LogP contribution in [-0.2, 0) is 12.2 Å². The molecule has 0 amide bonds. The van der Waals surface area contributed by atoms with E-state index >= 15 is 0 Å². The van der Waals surface area contributed by atoms with Crippen molar-refractivity contribution in [2.24, 2.45) is 0 Å². The number of anilines is 1. The number of benzene rings is 2. The van der Waals surface area contributed by atoms with Crippen molar-refractivity contribution in [2.75, 3.05) is 18.0 Å². The van der Waals surface area contributed by atoms with Crippen molar-refractivity contribution in [3.05, 3.63) is 92.2 Å². The molecule has 40 heavy (non-hydrogen) atoms. The smallest absolute Gasteiger partial charge is 0.147 e. The molecule has 0 atom stereocenters. The predicted octanol–water partition coefficient (Wildman–Crippen LogP) is 7.51. The van der Waals surface area contributed by atoms with Crippen LogP contribution in [0, 0.1) is 11.3 Å². The average Bonchev–Trinajstić information content (AvgIpc) is 3.72. The Bertz CT molecular complexity index is 1580. The van der Waals surface area contributed by atoms with Crippen molar-refractivity contribution in [3.8, 4) is 23.1 Å². The second-order valence-electron chi connectivity index (χ2n) is 10.2. The summed E-state index contributed by atoms with van der Waals surface area (Å²) in [5.41, 5.74) is 2.08. The molecule has 1 saturated heterocycles. The van der Waals surface area contributed by atoms with Gasteiger partial charge >= 0.3 is 0 Å². The minimum absolute atomic E-state index is 0.201. The fourth-order valence-corrected chi connectivity index (χ4v) is 6.18. The van der Waals surface area contributed by atoms with Crippen LogP contribution in [0.5, 0.6) is 5.75 Å². The summed E-state index contributed by atoms with van der Waals surface area (Å²) in [6.07, 6.45) is 4.63. The number of pyridine rings is 1. The maximum atomic E-state index is 11.5. The fraction of sp³-hybridized carbons (Fsp3) is 0.300. The van der Waals surface area contributed by atoms with E-state index in [9.17, 15) is 10.4 Å². The van der Waals surface area contributed by atoms with E-state index in [0.29, 0.717) is 80.9 Å². The molecule has 0 unspecified atom stereocenters. The van der Waals surface area contributed by atoms with Crippen molar-refractivity contribution in [1.82, 2.24) is 10.1 Å². The molecule has 10 heteroatoms. The van der Waals surface area contributed by atoms with E-state index in [2.05, 4.69) is 16.2 Å². The van der Waals surface area contributed by atoms with Crippen LogP contribution < -0.4 is 9.64 Å². The first-order chi connectivity index (χ1) is 19.4. The summed E-state index contributed by atoms with van der Waals surface area (Å²) in [4.78, 5) is 6.40. The van der Waals surface area contributed by atoms with Crippen LogP contribution in [0.1, 0.15) is 54.1 Å². The normalized spacial score (nSPS) is 16.5. The molecule has 7 nitrogen and oxygen atoms in total. The number of hydrogen-bond acceptors (Lipinski definition) is 7. The Labute approximate surface area is 246 Å². The summed E-state index contributed by atoms with van der Waals surface area (Å²) in [5, 5.41) is 26.7. The minimum Gasteiger partial charge on any atom is -0.489 e. The lowest BCUT2D eigenvalue weighted by atomic mass is 9.84. The summed E-state index contributed by atoms with van der Waals surface area (Å²) >= 11 is 19.6. The Kier molecular flexibility index (Phi) is 7.37. The summed E-state index contributed by atoms with van der Waals surface area (Å²) in [7, 11) is 0. The summed E-state index contributed by atoms with van der Waals surface area (Å²) in [6, 6.07) is 16.4. The van der Waals surface area contributed by atoms with E-state index in [-0.39, 0.29) is 6.61 Å². The molecule has 2 fully saturated rings. The molecular weight excluding hydrogens is 571 g/mol. The first-order valence-corrected chi connectivity index (χ1v) is 14.2. The second-order valence-corrected chi connectivity index (χ2v) is 11.4. The minimum atomic E-state index is -1.10. The zero-order valence-electron chi connectivity index (χ0n) is 21.4. The van der Waals surface area contributed by atoms with E-state index in [4.69, 9.17) is 44.1 Å². The summed E-state index contributed by atoms with van der Waals surface area (Å²) < 4.78 is 11.9. The van der Waals surface area contributed by atoms with Crippen molar-refractivity contribution in [3.63, 3.8) is 0 Å². The summed E-state index contributed by atoms with van der Waals surface area (Å²) in [6.45, 7) is 1.29. The lowest BCUT2D eigenvalue weighted by Crippen LogP contribution is -2.43. The first-order valence-electron chi connectivity index (χ1n) is 13.1. The van der Waals surface area contributed by atoms with Gasteiger partial charge in [0.1, 0.15) is 35.7 Å². The van der Waals surface area contributed by atoms with Crippen molar-refractivity contribution >= 4 is 40.6 Å². The molecule has 4 aromatic rings. The molecule has 2 aliphatic rings. The van der Waals surface area contributed by atoms with Crippen molar-refractivity contribution in [1.29, 1.82) is 5.26 Å². The quantitative estimate of drug-likeness (QED) is 0.236. The molecule has 1 aliphatic heterocycles. The van der Waals surface area contributed by atoms with Gasteiger partial charge in [-0.15, -0.1) is 0 Å². The van der Waals surface area contributed by atoms with Crippen LogP contribution in [0.3, 0.4) is 0 Å². The van der Waals surface area contributed by atoms with Crippen molar-refractivity contribution < 1.29 is 14.4 Å². The van der Waals surface area contributed by atoms with Gasteiger partial charge in [0.25, 0.3) is 0 Å². The van der Waals surface area contributed by atoms with Gasteiger partial charge in [-0.1, -0.05) is 52.1 Å². The largest absolute Gasteiger partial charge is 0.489 e. The highest BCUT2D eigenvalue weighted by Crippen LogP contribution is 2.46. The zero-order chi connectivity index (χ0) is 27.9. The molecule has 0 bridgehead atoms. The monoisotopic (exact) mass is 594 g/mol. The molecule has 2 aromatic heterocycles. The standard InChI is InChI=1S/C30H25Cl3N4O3/c31-23-4-1-5-24(32)26(23)27-21(28(40-36-27)18-6-7-18)17-39-20-8-9-22(25(33)15-20)30(38)10-13-37(14-11-30)29-19(16-34)3-2-12-35-29/h1-5,8-9,12,15,18,38H,6-7,10-11,13-14,17H2. The van der Waals surface area contributed by atoms with Gasteiger partial charge in [0, 0.05) is 36.3 Å². The van der Waals surface area contributed by atoms with Crippen LogP contribution in [0.25, 0.3) is 11.3 Å². The average molecular weight is 596 g/mol. The number of aromatic nitrogens is 2. The lowest BCUT2D eigenvalue weighted by molar-refractivity contribution is 0.0117. The van der Waals surface area contributed by atoms with Crippen molar-refractivity contribution in [2.45, 2.75) is 43.8 Å². The number of nitriles is 1. The van der Waals surface area contributed by atoms with E-state index in [1.807, 2.05) is 17.0 Å². The Morgan fingerprint density at radius 1 is 1.05 bits per heavy atom. The van der Waals surface area contributed by atoms with Gasteiger partial charge in [0.05, 0.1) is 31.8 Å². The number of halogens is 3. The number of ether oxygens (including phenoxy) is 1. The van der Waals surface area contributed by atoms with Gasteiger partial charge in [-0.25, -0.2) is 4.98 Å². The molecule has 6 rings (SSSR count). The number of aliphatic hydroxyl groups is 1. The number of nitrogens with zero attached hydrogens (tertiary/aromatic N) is 4. The highest BCUT2D eigenvalue weighted by atomic mass is 35.5. The first kappa shape index (κ1) is 26.9. The second kappa shape index (κ2) is 10.9. The lowest BCUT2D eigenvalue weighted by Gasteiger charge is -2.39. The summed E-state index contributed by atoms with van der Waals surface area (Å²) in [5.74, 6) is 2.30. The maximum absolute atomic E-state index is 11.5. The Hall–Kier alpha value is -3.28. The van der Waals surface area contributed by atoms with Crippen LogP contribution >= 0.6 is 34.8 Å². The third-order valence-electron chi connectivity index (χ3n) is 7.59. The van der Waals surface area contributed by atoms with Crippen LogP contribution in [-0.4, -0.2) is 28.3 Å². The molecule has 1 aliphatic carbocycles. The molecule has 204 valence electrons. The maximum Gasteiger partial charge on any atom is 0.147 e. The molecule has 0 radical (unpaired) electrons. The predicted molar refractivity (Wildman–Crippen MR) is 154 cm³/mol. The molecule has 1 N–H and O–H groups in total. The third-order valence-corrected chi connectivity index (χ3v) is 8.53. The van der Waals surface area contributed by atoms with E-state index in [0.717, 1.165) is 24.2 Å². The number of hydrogen-bond donors (Lipinski definition) is 1. The molecular formula is C30H25Cl3N4O3. The highest BCUT2D eigenvalue weighted by Gasteiger charge is 2.37. The van der Waals surface area contributed by atoms with Crippen LogP contribution in [0.15, 0.2) is 59.3 Å². The highest BCUT2D eigenvalue weighted by molar-refractivity contribution is 6.39. The van der Waals surface area contributed by atoms with Gasteiger partial charge < -0.3 is 19.3 Å². The van der Waals surface area contributed by atoms with Crippen LogP contribution in [0.4, 0.5) is 5.82 Å². The molecule has 2 aromatic carbocycles. The zero-order valence-corrected chi connectivity index (χ0v) is 23.7. The Morgan fingerprint density at radius 2 is 1.80 bits per heavy atom. The van der Waals surface area contributed by atoms with E-state index < -0.39 is 5.60 Å². The Balaban J connectivity index is 1.19. The van der Waals surface area contributed by atoms with Gasteiger partial charge in [0.2, 0.25) is 0 Å². The SMILES string of the molecule is N#Cc1cccnc1N1CCC(O)(c2ccc(OCc3c(-c4c(Cl)cccc4Cl)noc3C3CC3)cc2Cl)CC1. The molecule has 3 heterocycles. The van der Waals surface area contributed by atoms with Gasteiger partial charge in [-0.3, -0.25) is 0 Å². The van der Waals surface area contributed by atoms with Gasteiger partial charge in [0.15, 0.2) is 0 Å². The van der Waals surface area contributed by atoms with Gasteiger partial charge in [-0.05, 0) is 62.1 Å². The Morgan fingerprint density at radius 3 is 2.48 bits per heavy atom. The van der Waals surface area contributed by atoms with Crippen LogP contribution in [0.2, 0.25) is 15.1 Å². The molecule has 1 saturated carbocycles. The number of piperidine rings is 1. The number of rotatable bonds is 7. The third kappa shape index (κ3) is 5.13.